The SMILES string of the molecule is O=C(O)c1ccc(C(=O)N2CCC(N3CCCC3=O)CC2)c(F)c1. The Morgan fingerprint density at radius 3 is 2.42 bits per heavy atom. The van der Waals surface area contributed by atoms with Crippen molar-refractivity contribution in [2.24, 2.45) is 0 Å². The largest absolute Gasteiger partial charge is 0.478 e. The van der Waals surface area contributed by atoms with Crippen LogP contribution in [0.3, 0.4) is 0 Å². The maximum Gasteiger partial charge on any atom is 0.335 e. The van der Waals surface area contributed by atoms with E-state index in [2.05, 4.69) is 0 Å². The summed E-state index contributed by atoms with van der Waals surface area (Å²) < 4.78 is 14.0. The van der Waals surface area contributed by atoms with Gasteiger partial charge < -0.3 is 14.9 Å². The van der Waals surface area contributed by atoms with Crippen LogP contribution in [0, 0.1) is 5.82 Å². The molecular formula is C17H19FN2O4. The van der Waals surface area contributed by atoms with E-state index >= 15 is 0 Å². The van der Waals surface area contributed by atoms with Crippen molar-refractivity contribution in [1.29, 1.82) is 0 Å². The van der Waals surface area contributed by atoms with E-state index in [1.165, 1.54) is 12.1 Å². The van der Waals surface area contributed by atoms with E-state index in [1.807, 2.05) is 4.90 Å². The number of carboxylic acids is 1. The van der Waals surface area contributed by atoms with Crippen molar-refractivity contribution in [2.75, 3.05) is 19.6 Å². The zero-order chi connectivity index (χ0) is 17.3. The molecule has 2 aliphatic heterocycles. The second-order valence-electron chi connectivity index (χ2n) is 6.21. The third-order valence-corrected chi connectivity index (χ3v) is 4.75. The van der Waals surface area contributed by atoms with Gasteiger partial charge in [0.2, 0.25) is 5.91 Å². The molecule has 0 spiro atoms. The molecule has 128 valence electrons. The summed E-state index contributed by atoms with van der Waals surface area (Å²) in [6.07, 6.45) is 2.86. The molecule has 6 nitrogen and oxygen atoms in total. The third kappa shape index (κ3) is 3.11. The number of hydrogen-bond acceptors (Lipinski definition) is 3. The van der Waals surface area contributed by atoms with Crippen molar-refractivity contribution in [2.45, 2.75) is 31.7 Å². The zero-order valence-corrected chi connectivity index (χ0v) is 13.2. The molecule has 2 aliphatic rings. The Balaban J connectivity index is 1.65. The molecule has 2 amide bonds. The highest BCUT2D eigenvalue weighted by atomic mass is 19.1. The van der Waals surface area contributed by atoms with Gasteiger partial charge in [-0.05, 0) is 37.5 Å². The minimum atomic E-state index is -1.23. The number of carbonyl (C=O) groups excluding carboxylic acids is 2. The van der Waals surface area contributed by atoms with Gasteiger partial charge in [0, 0.05) is 32.1 Å². The van der Waals surface area contributed by atoms with Crippen LogP contribution in [0.15, 0.2) is 18.2 Å². The lowest BCUT2D eigenvalue weighted by molar-refractivity contribution is -0.130. The topological polar surface area (TPSA) is 77.9 Å². The van der Waals surface area contributed by atoms with Crippen LogP contribution >= 0.6 is 0 Å². The Morgan fingerprint density at radius 2 is 1.88 bits per heavy atom. The van der Waals surface area contributed by atoms with E-state index in [0.717, 1.165) is 19.0 Å². The number of likely N-dealkylation sites (tertiary alicyclic amines) is 2. The number of piperidine rings is 1. The molecule has 0 bridgehead atoms. The zero-order valence-electron chi connectivity index (χ0n) is 13.2. The number of nitrogens with zero attached hydrogens (tertiary/aromatic N) is 2. The average molecular weight is 334 g/mol. The number of carbonyl (C=O) groups is 3. The third-order valence-electron chi connectivity index (χ3n) is 4.75. The van der Waals surface area contributed by atoms with Crippen molar-refractivity contribution in [3.8, 4) is 0 Å². The maximum atomic E-state index is 14.0. The Bertz CT molecular complexity index is 683. The van der Waals surface area contributed by atoms with Gasteiger partial charge >= 0.3 is 5.97 Å². The normalized spacial score (nSPS) is 19.0. The van der Waals surface area contributed by atoms with Crippen molar-refractivity contribution in [3.05, 3.63) is 35.1 Å². The summed E-state index contributed by atoms with van der Waals surface area (Å²) in [4.78, 5) is 38.5. The van der Waals surface area contributed by atoms with Gasteiger partial charge in [0.05, 0.1) is 11.1 Å². The summed E-state index contributed by atoms with van der Waals surface area (Å²) in [5.41, 5.74) is -0.300. The van der Waals surface area contributed by atoms with Gasteiger partial charge in [-0.3, -0.25) is 9.59 Å². The number of benzene rings is 1. The second kappa shape index (κ2) is 6.59. The number of halogens is 1. The van der Waals surface area contributed by atoms with Crippen molar-refractivity contribution >= 4 is 17.8 Å². The Hall–Kier alpha value is -2.44. The van der Waals surface area contributed by atoms with Crippen LogP contribution in [0.2, 0.25) is 0 Å². The van der Waals surface area contributed by atoms with Crippen LogP contribution in [0.25, 0.3) is 0 Å². The number of hydrogen-bond donors (Lipinski definition) is 1. The molecule has 1 N–H and O–H groups in total. The highest BCUT2D eigenvalue weighted by Gasteiger charge is 2.32. The predicted octanol–water partition coefficient (Wildman–Crippen LogP) is 1.75. The van der Waals surface area contributed by atoms with Crippen molar-refractivity contribution < 1.29 is 23.9 Å². The average Bonchev–Trinajstić information content (AvgIpc) is 3.00. The molecule has 2 saturated heterocycles. The maximum absolute atomic E-state index is 14.0. The fourth-order valence-electron chi connectivity index (χ4n) is 3.43. The molecule has 3 rings (SSSR count). The standard InChI is InChI=1S/C17H19FN2O4/c18-14-10-11(17(23)24)3-4-13(14)16(22)19-8-5-12(6-9-19)20-7-1-2-15(20)21/h3-4,10,12H,1-2,5-9H2,(H,23,24). The molecular weight excluding hydrogens is 315 g/mol. The lowest BCUT2D eigenvalue weighted by Crippen LogP contribution is -2.47. The van der Waals surface area contributed by atoms with Gasteiger partial charge in [0.15, 0.2) is 0 Å². The summed E-state index contributed by atoms with van der Waals surface area (Å²) in [5.74, 6) is -2.31. The van der Waals surface area contributed by atoms with E-state index in [4.69, 9.17) is 5.11 Å². The minimum Gasteiger partial charge on any atom is -0.478 e. The molecule has 7 heteroatoms. The van der Waals surface area contributed by atoms with Gasteiger partial charge in [-0.1, -0.05) is 0 Å². The van der Waals surface area contributed by atoms with E-state index in [1.54, 1.807) is 4.90 Å². The molecule has 1 aromatic carbocycles. The minimum absolute atomic E-state index is 0.115. The van der Waals surface area contributed by atoms with E-state index in [-0.39, 0.29) is 23.1 Å². The molecule has 0 unspecified atom stereocenters. The van der Waals surface area contributed by atoms with Crippen LogP contribution in [-0.4, -0.2) is 58.4 Å². The fraction of sp³-hybridized carbons (Fsp3) is 0.471. The van der Waals surface area contributed by atoms with Crippen molar-refractivity contribution in [3.63, 3.8) is 0 Å². The summed E-state index contributed by atoms with van der Waals surface area (Å²) in [6, 6.07) is 3.47. The van der Waals surface area contributed by atoms with Crippen LogP contribution in [-0.2, 0) is 4.79 Å². The number of aromatic carboxylic acids is 1. The van der Waals surface area contributed by atoms with Gasteiger partial charge in [0.1, 0.15) is 5.82 Å². The molecule has 0 aromatic heterocycles. The monoisotopic (exact) mass is 334 g/mol. The lowest BCUT2D eigenvalue weighted by atomic mass is 10.0. The number of carboxylic acid groups (broad SMARTS) is 1. The first-order chi connectivity index (χ1) is 11.5. The summed E-state index contributed by atoms with van der Waals surface area (Å²) in [5, 5.41) is 8.85. The van der Waals surface area contributed by atoms with Crippen LogP contribution < -0.4 is 0 Å². The molecule has 1 aromatic rings. The highest BCUT2D eigenvalue weighted by molar-refractivity contribution is 5.96. The van der Waals surface area contributed by atoms with Gasteiger partial charge in [-0.2, -0.15) is 0 Å². The first kappa shape index (κ1) is 16.4. The molecule has 0 atom stereocenters. The van der Waals surface area contributed by atoms with E-state index < -0.39 is 17.7 Å². The van der Waals surface area contributed by atoms with Gasteiger partial charge in [-0.25, -0.2) is 9.18 Å². The molecule has 0 saturated carbocycles. The van der Waals surface area contributed by atoms with E-state index in [9.17, 15) is 18.8 Å². The number of rotatable bonds is 3. The molecule has 2 heterocycles. The molecule has 0 aliphatic carbocycles. The first-order valence-corrected chi connectivity index (χ1v) is 8.09. The molecule has 24 heavy (non-hydrogen) atoms. The highest BCUT2D eigenvalue weighted by Crippen LogP contribution is 2.23. The van der Waals surface area contributed by atoms with Crippen LogP contribution in [0.1, 0.15) is 46.4 Å². The van der Waals surface area contributed by atoms with E-state index in [0.29, 0.717) is 32.4 Å². The Labute approximate surface area is 138 Å². The Morgan fingerprint density at radius 1 is 1.17 bits per heavy atom. The lowest BCUT2D eigenvalue weighted by Gasteiger charge is -2.36. The second-order valence-corrected chi connectivity index (χ2v) is 6.21. The summed E-state index contributed by atoms with van der Waals surface area (Å²) in [6.45, 7) is 1.71. The first-order valence-electron chi connectivity index (χ1n) is 8.09. The smallest absolute Gasteiger partial charge is 0.335 e. The summed E-state index contributed by atoms with van der Waals surface area (Å²) >= 11 is 0. The fourth-order valence-corrected chi connectivity index (χ4v) is 3.43. The van der Waals surface area contributed by atoms with Crippen LogP contribution in [0.5, 0.6) is 0 Å². The van der Waals surface area contributed by atoms with Crippen LogP contribution in [0.4, 0.5) is 4.39 Å². The van der Waals surface area contributed by atoms with Gasteiger partial charge in [-0.15, -0.1) is 0 Å². The number of amides is 2. The van der Waals surface area contributed by atoms with Gasteiger partial charge in [0.25, 0.3) is 5.91 Å². The quantitative estimate of drug-likeness (QED) is 0.913. The molecule has 2 fully saturated rings. The molecule has 0 radical (unpaired) electrons. The predicted molar refractivity (Wildman–Crippen MR) is 83.2 cm³/mol. The Kier molecular flexibility index (Phi) is 4.51. The summed E-state index contributed by atoms with van der Waals surface area (Å²) in [7, 11) is 0. The van der Waals surface area contributed by atoms with Crippen molar-refractivity contribution in [1.82, 2.24) is 9.80 Å².